The molecule has 1 amide bonds. The number of hydrogen-bond acceptors (Lipinski definition) is 4. The summed E-state index contributed by atoms with van der Waals surface area (Å²) in [5, 5.41) is 12.8. The average Bonchev–Trinajstić information content (AvgIpc) is 2.39. The van der Waals surface area contributed by atoms with Crippen LogP contribution in [0.15, 0.2) is 11.2 Å². The lowest BCUT2D eigenvalue weighted by Gasteiger charge is -2.19. The molecule has 0 aliphatic carbocycles. The van der Waals surface area contributed by atoms with Crippen LogP contribution in [0.1, 0.15) is 25.1 Å². The van der Waals surface area contributed by atoms with Gasteiger partial charge in [-0.15, -0.1) is 0 Å². The number of aliphatic imine (C=N–C) groups is 1. The molecule has 1 aromatic rings. The molecule has 0 radical (unpaired) electrons. The molecule has 0 bridgehead atoms. The fourth-order valence-electron chi connectivity index (χ4n) is 2.04. The number of aryl methyl sites for hydroxylation is 1. The summed E-state index contributed by atoms with van der Waals surface area (Å²) in [7, 11) is 0. The zero-order valence-corrected chi connectivity index (χ0v) is 10.6. The number of fused-ring (bicyclic) bond motifs is 1. The molecule has 5 heteroatoms. The third-order valence-corrected chi connectivity index (χ3v) is 3.02. The van der Waals surface area contributed by atoms with Gasteiger partial charge >= 0.3 is 0 Å². The second-order valence-corrected chi connectivity index (χ2v) is 4.26. The van der Waals surface area contributed by atoms with Gasteiger partial charge in [0.2, 0.25) is 5.91 Å². The molecule has 1 atom stereocenters. The molecule has 1 aliphatic heterocycles. The van der Waals surface area contributed by atoms with Crippen molar-refractivity contribution >= 4 is 17.8 Å². The Balaban J connectivity index is 2.27. The maximum Gasteiger partial charge on any atom is 0.228 e. The molecule has 5 nitrogen and oxygen atoms in total. The van der Waals surface area contributed by atoms with Gasteiger partial charge in [0.05, 0.1) is 11.6 Å². The van der Waals surface area contributed by atoms with Crippen LogP contribution < -0.4 is 5.32 Å². The van der Waals surface area contributed by atoms with Crippen molar-refractivity contribution in [2.75, 3.05) is 6.54 Å². The highest BCUT2D eigenvalue weighted by Gasteiger charge is 2.24. The lowest BCUT2D eigenvalue weighted by molar-refractivity contribution is -0.122. The summed E-state index contributed by atoms with van der Waals surface area (Å²) in [6, 6.07) is 0. The highest BCUT2D eigenvalue weighted by Crippen LogP contribution is 2.36. The number of nitrogens with zero attached hydrogens (tertiary/aromatic N) is 2. The molecule has 1 aromatic heterocycles. The molecule has 0 aromatic carbocycles. The van der Waals surface area contributed by atoms with Crippen LogP contribution >= 0.6 is 0 Å². The largest absolute Gasteiger partial charge is 0.504 e. The first-order chi connectivity index (χ1) is 8.67. The van der Waals surface area contributed by atoms with E-state index in [2.05, 4.69) is 15.3 Å². The van der Waals surface area contributed by atoms with Crippen molar-refractivity contribution in [1.29, 1.82) is 0 Å². The molecule has 18 heavy (non-hydrogen) atoms. The Hall–Kier alpha value is -1.91. The van der Waals surface area contributed by atoms with Crippen LogP contribution in [0.5, 0.6) is 5.75 Å². The third-order valence-electron chi connectivity index (χ3n) is 3.02. The summed E-state index contributed by atoms with van der Waals surface area (Å²) >= 11 is 0. The normalized spacial score (nSPS) is 17.3. The van der Waals surface area contributed by atoms with Gasteiger partial charge in [-0.25, -0.2) is 0 Å². The number of nitrogens with one attached hydrogen (secondary N) is 1. The van der Waals surface area contributed by atoms with Gasteiger partial charge in [0.1, 0.15) is 5.69 Å². The Kier molecular flexibility index (Phi) is 3.60. The fourth-order valence-corrected chi connectivity index (χ4v) is 2.04. The number of hydrogen-bond donors (Lipinski definition) is 2. The van der Waals surface area contributed by atoms with Crippen LogP contribution in [0.3, 0.4) is 0 Å². The average molecular weight is 247 g/mol. The van der Waals surface area contributed by atoms with Crippen molar-refractivity contribution < 1.29 is 9.90 Å². The van der Waals surface area contributed by atoms with Crippen LogP contribution in [-0.2, 0) is 17.6 Å². The number of amides is 1. The van der Waals surface area contributed by atoms with Crippen LogP contribution in [0.25, 0.3) is 0 Å². The standard InChI is InChI=1S/C13H17N3O2/c1-3-10-12(17)11-8(6-15-10)5-9(7-16-11)13(18)14-4-2/h6-7,9,17H,3-5H2,1-2H3,(H,14,18). The number of carbonyl (C=O) groups excluding carboxylic acids is 1. The smallest absolute Gasteiger partial charge is 0.228 e. The minimum Gasteiger partial charge on any atom is -0.504 e. The minimum absolute atomic E-state index is 0.0362. The van der Waals surface area contributed by atoms with E-state index in [-0.39, 0.29) is 17.6 Å². The molecule has 2 N–H and O–H groups in total. The van der Waals surface area contributed by atoms with Crippen LogP contribution in [0, 0.1) is 5.92 Å². The predicted molar refractivity (Wildman–Crippen MR) is 69.3 cm³/mol. The van der Waals surface area contributed by atoms with Gasteiger partial charge in [-0.05, 0) is 19.8 Å². The van der Waals surface area contributed by atoms with E-state index in [1.54, 1.807) is 12.4 Å². The summed E-state index contributed by atoms with van der Waals surface area (Å²) in [4.78, 5) is 20.1. The second-order valence-electron chi connectivity index (χ2n) is 4.26. The first-order valence-corrected chi connectivity index (χ1v) is 6.19. The molecule has 2 heterocycles. The number of rotatable bonds is 3. The lowest BCUT2D eigenvalue weighted by atomic mass is 9.96. The van der Waals surface area contributed by atoms with Crippen molar-refractivity contribution in [3.8, 4) is 5.75 Å². The molecular weight excluding hydrogens is 230 g/mol. The Morgan fingerprint density at radius 2 is 2.33 bits per heavy atom. The Labute approximate surface area is 106 Å². The van der Waals surface area contributed by atoms with Gasteiger partial charge < -0.3 is 10.4 Å². The van der Waals surface area contributed by atoms with Crippen molar-refractivity contribution in [2.45, 2.75) is 26.7 Å². The maximum atomic E-state index is 11.7. The van der Waals surface area contributed by atoms with E-state index < -0.39 is 0 Å². The molecule has 0 fully saturated rings. The molecular formula is C13H17N3O2. The monoisotopic (exact) mass is 247 g/mol. The summed E-state index contributed by atoms with van der Waals surface area (Å²) in [6.45, 7) is 4.42. The van der Waals surface area contributed by atoms with Gasteiger partial charge in [-0.1, -0.05) is 6.92 Å². The van der Waals surface area contributed by atoms with Crippen LogP contribution in [0.4, 0.5) is 5.69 Å². The van der Waals surface area contributed by atoms with Crippen molar-refractivity contribution in [2.24, 2.45) is 10.9 Å². The van der Waals surface area contributed by atoms with Crippen molar-refractivity contribution in [1.82, 2.24) is 10.3 Å². The van der Waals surface area contributed by atoms with Gasteiger partial charge in [-0.2, -0.15) is 0 Å². The fraction of sp³-hybridized carbons (Fsp3) is 0.462. The lowest BCUT2D eigenvalue weighted by Crippen LogP contribution is -2.33. The van der Waals surface area contributed by atoms with E-state index >= 15 is 0 Å². The molecule has 96 valence electrons. The quantitative estimate of drug-likeness (QED) is 0.847. The Bertz CT molecular complexity index is 497. The number of aromatic hydroxyl groups is 1. The molecule has 0 saturated heterocycles. The first kappa shape index (κ1) is 12.5. The molecule has 2 rings (SSSR count). The van der Waals surface area contributed by atoms with E-state index in [0.717, 1.165) is 5.56 Å². The second kappa shape index (κ2) is 5.16. The molecule has 0 spiro atoms. The summed E-state index contributed by atoms with van der Waals surface area (Å²) < 4.78 is 0. The highest BCUT2D eigenvalue weighted by atomic mass is 16.3. The van der Waals surface area contributed by atoms with Gasteiger partial charge in [0.15, 0.2) is 5.75 Å². The summed E-state index contributed by atoms with van der Waals surface area (Å²) in [5.41, 5.74) is 2.02. The van der Waals surface area contributed by atoms with E-state index in [1.165, 1.54) is 0 Å². The molecule has 0 saturated carbocycles. The topological polar surface area (TPSA) is 74.6 Å². The summed E-state index contributed by atoms with van der Waals surface area (Å²) in [6.07, 6.45) is 4.51. The third kappa shape index (κ3) is 2.20. The Morgan fingerprint density at radius 1 is 1.56 bits per heavy atom. The molecule has 1 aliphatic rings. The highest BCUT2D eigenvalue weighted by molar-refractivity contribution is 5.96. The number of aromatic nitrogens is 1. The zero-order valence-electron chi connectivity index (χ0n) is 10.6. The van der Waals surface area contributed by atoms with Crippen LogP contribution in [-0.4, -0.2) is 28.8 Å². The number of carbonyl (C=O) groups is 1. The van der Waals surface area contributed by atoms with Crippen molar-refractivity contribution in [3.63, 3.8) is 0 Å². The SMILES string of the molecule is CCNC(=O)C1C=Nc2c(cnc(CC)c2O)C1. The zero-order chi connectivity index (χ0) is 13.1. The van der Waals surface area contributed by atoms with Gasteiger partial charge in [0.25, 0.3) is 0 Å². The Morgan fingerprint density at radius 3 is 3.00 bits per heavy atom. The predicted octanol–water partition coefficient (Wildman–Crippen LogP) is 1.36. The first-order valence-electron chi connectivity index (χ1n) is 6.19. The minimum atomic E-state index is -0.272. The summed E-state index contributed by atoms with van der Waals surface area (Å²) in [5.74, 6) is -0.169. The van der Waals surface area contributed by atoms with E-state index in [1.807, 2.05) is 13.8 Å². The molecule has 1 unspecified atom stereocenters. The van der Waals surface area contributed by atoms with Crippen molar-refractivity contribution in [3.05, 3.63) is 17.5 Å². The number of pyridine rings is 1. The van der Waals surface area contributed by atoms with E-state index in [0.29, 0.717) is 30.8 Å². The van der Waals surface area contributed by atoms with E-state index in [9.17, 15) is 9.90 Å². The maximum absolute atomic E-state index is 11.7. The van der Waals surface area contributed by atoms with Gasteiger partial charge in [0, 0.05) is 24.5 Å². The van der Waals surface area contributed by atoms with Gasteiger partial charge in [-0.3, -0.25) is 14.8 Å². The van der Waals surface area contributed by atoms with E-state index in [4.69, 9.17) is 0 Å². The van der Waals surface area contributed by atoms with Crippen LogP contribution in [0.2, 0.25) is 0 Å².